The molecule has 104 valence electrons. The summed E-state index contributed by atoms with van der Waals surface area (Å²) in [5, 5.41) is 2.65. The Morgan fingerprint density at radius 3 is 2.68 bits per heavy atom. The predicted molar refractivity (Wildman–Crippen MR) is 66.6 cm³/mol. The molecule has 0 bridgehead atoms. The number of nitrogens with one attached hydrogen (secondary N) is 1. The highest BCUT2D eigenvalue weighted by atomic mass is 19.1. The summed E-state index contributed by atoms with van der Waals surface area (Å²) in [6, 6.07) is 1.87. The van der Waals surface area contributed by atoms with E-state index >= 15 is 0 Å². The van der Waals surface area contributed by atoms with E-state index in [0.29, 0.717) is 13.2 Å². The van der Waals surface area contributed by atoms with Crippen molar-refractivity contribution in [1.82, 2.24) is 5.32 Å². The lowest BCUT2D eigenvalue weighted by Gasteiger charge is -2.22. The van der Waals surface area contributed by atoms with E-state index in [1.165, 1.54) is 0 Å². The molecule has 1 aromatic rings. The highest BCUT2D eigenvalue weighted by Gasteiger charge is 2.17. The molecule has 1 aliphatic heterocycles. The van der Waals surface area contributed by atoms with E-state index in [1.54, 1.807) is 0 Å². The molecule has 2 rings (SSSR count). The first-order chi connectivity index (χ1) is 9.08. The average molecular weight is 270 g/mol. The predicted octanol–water partition coefficient (Wildman–Crippen LogP) is 1.70. The van der Waals surface area contributed by atoms with Crippen LogP contribution in [0, 0.1) is 17.6 Å². The van der Waals surface area contributed by atoms with Gasteiger partial charge in [0.1, 0.15) is 17.3 Å². The fourth-order valence-electron chi connectivity index (χ4n) is 2.02. The Hall–Kier alpha value is -1.69. The molecule has 1 fully saturated rings. The van der Waals surface area contributed by atoms with Crippen molar-refractivity contribution in [1.29, 1.82) is 0 Å². The zero-order valence-electron chi connectivity index (χ0n) is 10.4. The van der Waals surface area contributed by atoms with Crippen LogP contribution in [-0.4, -0.2) is 25.7 Å². The molecule has 4 nitrogen and oxygen atoms in total. The van der Waals surface area contributed by atoms with Gasteiger partial charge in [0.2, 0.25) is 0 Å². The fourth-order valence-corrected chi connectivity index (χ4v) is 2.02. The number of amides is 1. The molecule has 6 heteroatoms. The van der Waals surface area contributed by atoms with Gasteiger partial charge < -0.3 is 15.8 Å². The standard InChI is InChI=1S/C13H16F2N2O2/c14-10-4-9(5-11(15)12(10)16)13(18)17-6-8-2-1-3-19-7-8/h4-5,8H,1-3,6-7,16H2,(H,17,18). The molecule has 1 aromatic carbocycles. The molecule has 1 atom stereocenters. The lowest BCUT2D eigenvalue weighted by Crippen LogP contribution is -2.33. The quantitative estimate of drug-likeness (QED) is 0.822. The lowest BCUT2D eigenvalue weighted by atomic mass is 10.0. The van der Waals surface area contributed by atoms with Gasteiger partial charge in [-0.2, -0.15) is 0 Å². The highest BCUT2D eigenvalue weighted by Crippen LogP contribution is 2.17. The van der Waals surface area contributed by atoms with E-state index in [1.807, 2.05) is 0 Å². The van der Waals surface area contributed by atoms with Gasteiger partial charge in [0.25, 0.3) is 5.91 Å². The molecule has 0 saturated carbocycles. The number of anilines is 1. The second-order valence-corrected chi connectivity index (χ2v) is 4.65. The van der Waals surface area contributed by atoms with Gasteiger partial charge in [-0.15, -0.1) is 0 Å². The first-order valence-corrected chi connectivity index (χ1v) is 6.18. The minimum Gasteiger partial charge on any atom is -0.394 e. The van der Waals surface area contributed by atoms with Gasteiger partial charge in [-0.25, -0.2) is 8.78 Å². The van der Waals surface area contributed by atoms with Gasteiger partial charge in [-0.1, -0.05) is 0 Å². The zero-order valence-corrected chi connectivity index (χ0v) is 10.4. The maximum Gasteiger partial charge on any atom is 0.251 e. The lowest BCUT2D eigenvalue weighted by molar-refractivity contribution is 0.0536. The summed E-state index contributed by atoms with van der Waals surface area (Å²) in [6.07, 6.45) is 1.94. The number of carbonyl (C=O) groups is 1. The number of nitrogen functional groups attached to an aromatic ring is 1. The second-order valence-electron chi connectivity index (χ2n) is 4.65. The molecule has 1 amide bonds. The van der Waals surface area contributed by atoms with Crippen molar-refractivity contribution >= 4 is 11.6 Å². The number of hydrogen-bond acceptors (Lipinski definition) is 3. The number of hydrogen-bond donors (Lipinski definition) is 2. The van der Waals surface area contributed by atoms with Crippen LogP contribution in [0.15, 0.2) is 12.1 Å². The van der Waals surface area contributed by atoms with Crippen molar-refractivity contribution in [3.63, 3.8) is 0 Å². The van der Waals surface area contributed by atoms with Crippen LogP contribution in [0.25, 0.3) is 0 Å². The maximum atomic E-state index is 13.2. The van der Waals surface area contributed by atoms with Crippen LogP contribution in [0.1, 0.15) is 23.2 Å². The molecule has 19 heavy (non-hydrogen) atoms. The number of carbonyl (C=O) groups excluding carboxylic acids is 1. The summed E-state index contributed by atoms with van der Waals surface area (Å²) in [4.78, 5) is 11.8. The van der Waals surface area contributed by atoms with Crippen molar-refractivity contribution < 1.29 is 18.3 Å². The van der Waals surface area contributed by atoms with E-state index in [4.69, 9.17) is 10.5 Å². The normalized spacial score (nSPS) is 19.2. The number of ether oxygens (including phenoxy) is 1. The monoisotopic (exact) mass is 270 g/mol. The Balaban J connectivity index is 1.96. The van der Waals surface area contributed by atoms with Crippen LogP contribution in [0.3, 0.4) is 0 Å². The summed E-state index contributed by atoms with van der Waals surface area (Å²) in [5.74, 6) is -2.11. The van der Waals surface area contributed by atoms with Gasteiger partial charge >= 0.3 is 0 Å². The molecule has 1 aliphatic rings. The summed E-state index contributed by atoms with van der Waals surface area (Å²) in [5.41, 5.74) is 4.50. The summed E-state index contributed by atoms with van der Waals surface area (Å²) in [7, 11) is 0. The second kappa shape index (κ2) is 5.97. The van der Waals surface area contributed by atoms with Crippen LogP contribution < -0.4 is 11.1 Å². The smallest absolute Gasteiger partial charge is 0.251 e. The third kappa shape index (κ3) is 3.41. The van der Waals surface area contributed by atoms with E-state index in [0.717, 1.165) is 31.6 Å². The van der Waals surface area contributed by atoms with Crippen molar-refractivity contribution in [3.05, 3.63) is 29.3 Å². The Morgan fingerprint density at radius 2 is 2.11 bits per heavy atom. The number of benzene rings is 1. The van der Waals surface area contributed by atoms with E-state index in [-0.39, 0.29) is 11.5 Å². The highest BCUT2D eigenvalue weighted by molar-refractivity contribution is 5.94. The molecule has 1 unspecified atom stereocenters. The minimum atomic E-state index is -0.925. The Labute approximate surface area is 109 Å². The van der Waals surface area contributed by atoms with Crippen LogP contribution >= 0.6 is 0 Å². The molecule has 0 aromatic heterocycles. The first kappa shape index (κ1) is 13.7. The van der Waals surface area contributed by atoms with Crippen LogP contribution in [-0.2, 0) is 4.74 Å². The fraction of sp³-hybridized carbons (Fsp3) is 0.462. The molecule has 1 saturated heterocycles. The molecule has 0 aliphatic carbocycles. The summed E-state index contributed by atoms with van der Waals surface area (Å²) >= 11 is 0. The number of rotatable bonds is 3. The molecule has 0 spiro atoms. The zero-order chi connectivity index (χ0) is 13.8. The maximum absolute atomic E-state index is 13.2. The van der Waals surface area contributed by atoms with E-state index < -0.39 is 23.2 Å². The van der Waals surface area contributed by atoms with Gasteiger partial charge in [0.05, 0.1) is 6.61 Å². The Bertz CT molecular complexity index is 451. The topological polar surface area (TPSA) is 64.4 Å². The Kier molecular flexibility index (Phi) is 4.31. The van der Waals surface area contributed by atoms with Crippen molar-refractivity contribution in [2.75, 3.05) is 25.5 Å². The van der Waals surface area contributed by atoms with Crippen molar-refractivity contribution in [3.8, 4) is 0 Å². The number of halogens is 2. The van der Waals surface area contributed by atoms with Gasteiger partial charge in [-0.05, 0) is 30.9 Å². The largest absolute Gasteiger partial charge is 0.394 e. The van der Waals surface area contributed by atoms with Gasteiger partial charge in [-0.3, -0.25) is 4.79 Å². The van der Waals surface area contributed by atoms with Gasteiger partial charge in [0.15, 0.2) is 0 Å². The molecular weight excluding hydrogens is 254 g/mol. The van der Waals surface area contributed by atoms with Crippen LogP contribution in [0.2, 0.25) is 0 Å². The summed E-state index contributed by atoms with van der Waals surface area (Å²) in [6.45, 7) is 1.79. The molecule has 1 heterocycles. The number of nitrogens with two attached hydrogens (primary N) is 1. The SMILES string of the molecule is Nc1c(F)cc(C(=O)NCC2CCCOC2)cc1F. The van der Waals surface area contributed by atoms with Crippen molar-refractivity contribution in [2.45, 2.75) is 12.8 Å². The van der Waals surface area contributed by atoms with Crippen molar-refractivity contribution in [2.24, 2.45) is 5.92 Å². The van der Waals surface area contributed by atoms with Crippen LogP contribution in [0.5, 0.6) is 0 Å². The molecule has 0 radical (unpaired) electrons. The van der Waals surface area contributed by atoms with E-state index in [9.17, 15) is 13.6 Å². The Morgan fingerprint density at radius 1 is 1.42 bits per heavy atom. The third-order valence-electron chi connectivity index (χ3n) is 3.15. The van der Waals surface area contributed by atoms with E-state index in [2.05, 4.69) is 5.32 Å². The van der Waals surface area contributed by atoms with Gasteiger partial charge in [0, 0.05) is 18.7 Å². The average Bonchev–Trinajstić information content (AvgIpc) is 2.42. The summed E-state index contributed by atoms with van der Waals surface area (Å²) < 4.78 is 31.7. The molecule has 3 N–H and O–H groups in total. The van der Waals surface area contributed by atoms with Crippen LogP contribution in [0.4, 0.5) is 14.5 Å². The molecular formula is C13H16F2N2O2. The minimum absolute atomic E-state index is 0.0686. The third-order valence-corrected chi connectivity index (χ3v) is 3.15. The first-order valence-electron chi connectivity index (χ1n) is 6.18.